The van der Waals surface area contributed by atoms with Crippen molar-refractivity contribution >= 4 is 32.5 Å². The van der Waals surface area contributed by atoms with Gasteiger partial charge in [-0.2, -0.15) is 0 Å². The van der Waals surface area contributed by atoms with Crippen LogP contribution in [0.2, 0.25) is 5.15 Å². The number of aromatic amines is 1. The summed E-state index contributed by atoms with van der Waals surface area (Å²) in [4.78, 5) is 7.20. The van der Waals surface area contributed by atoms with Gasteiger partial charge in [-0.15, -0.1) is 0 Å². The van der Waals surface area contributed by atoms with Gasteiger partial charge in [0, 0.05) is 11.9 Å². The third-order valence-electron chi connectivity index (χ3n) is 2.11. The molecule has 2 heterocycles. The first-order chi connectivity index (χ1) is 6.89. The van der Waals surface area contributed by atoms with E-state index in [0.717, 1.165) is 6.26 Å². The van der Waals surface area contributed by atoms with Gasteiger partial charge in [0.2, 0.25) is 0 Å². The highest BCUT2D eigenvalue weighted by atomic mass is 35.5. The number of hydrogen-bond acceptors (Lipinski definition) is 3. The molecule has 0 unspecified atom stereocenters. The molecule has 4 nitrogen and oxygen atoms in total. The van der Waals surface area contributed by atoms with E-state index in [2.05, 4.69) is 9.97 Å². The molecular weight excluding hydrogens is 236 g/mol. The normalized spacial score (nSPS) is 12.2. The van der Waals surface area contributed by atoms with Gasteiger partial charge < -0.3 is 4.98 Å². The van der Waals surface area contributed by atoms with Gasteiger partial charge in [0.25, 0.3) is 0 Å². The van der Waals surface area contributed by atoms with Crippen LogP contribution >= 0.6 is 11.6 Å². The Bertz CT molecular complexity index is 631. The van der Waals surface area contributed by atoms with Crippen molar-refractivity contribution in [1.29, 1.82) is 0 Å². The summed E-state index contributed by atoms with van der Waals surface area (Å²) in [5.74, 6) is 0. The molecule has 6 heteroatoms. The summed E-state index contributed by atoms with van der Waals surface area (Å²) in [5, 5.41) is 0.284. The number of nitrogens with one attached hydrogen (secondary N) is 1. The first kappa shape index (κ1) is 10.4. The van der Waals surface area contributed by atoms with E-state index in [1.54, 1.807) is 19.1 Å². The fourth-order valence-electron chi connectivity index (χ4n) is 1.60. The molecule has 0 spiro atoms. The van der Waals surface area contributed by atoms with E-state index in [-0.39, 0.29) is 10.0 Å². The van der Waals surface area contributed by atoms with Crippen molar-refractivity contribution in [3.63, 3.8) is 0 Å². The first-order valence-corrected chi connectivity index (χ1v) is 6.51. The molecule has 2 aromatic heterocycles. The summed E-state index contributed by atoms with van der Waals surface area (Å²) in [5.41, 5.74) is 1.67. The standard InChI is InChI=1S/C9H9ClN2O2S/c1-5-9(15(2,13)14)8-6(11-5)3-4-7(10)12-8/h3-4,11H,1-2H3. The van der Waals surface area contributed by atoms with E-state index in [1.165, 1.54) is 0 Å². The predicted molar refractivity (Wildman–Crippen MR) is 59.0 cm³/mol. The van der Waals surface area contributed by atoms with Gasteiger partial charge in [-0.25, -0.2) is 13.4 Å². The number of hydrogen-bond donors (Lipinski definition) is 1. The fourth-order valence-corrected chi connectivity index (χ4v) is 2.86. The molecule has 0 aliphatic rings. The SMILES string of the molecule is Cc1[nH]c2ccc(Cl)nc2c1S(C)(=O)=O. The third-order valence-corrected chi connectivity index (χ3v) is 3.56. The maximum Gasteiger partial charge on any atom is 0.179 e. The van der Waals surface area contributed by atoms with Crippen LogP contribution in [-0.4, -0.2) is 24.6 Å². The average molecular weight is 245 g/mol. The molecule has 0 saturated carbocycles. The predicted octanol–water partition coefficient (Wildman–Crippen LogP) is 1.93. The quantitative estimate of drug-likeness (QED) is 0.780. The molecule has 0 saturated heterocycles. The van der Waals surface area contributed by atoms with Crippen LogP contribution < -0.4 is 0 Å². The molecule has 0 radical (unpaired) electrons. The van der Waals surface area contributed by atoms with Crippen LogP contribution in [0.4, 0.5) is 0 Å². The minimum Gasteiger partial charge on any atom is -0.356 e. The Labute approximate surface area is 92.2 Å². The highest BCUT2D eigenvalue weighted by molar-refractivity contribution is 7.91. The molecule has 0 bridgehead atoms. The van der Waals surface area contributed by atoms with Crippen molar-refractivity contribution in [3.8, 4) is 0 Å². The van der Waals surface area contributed by atoms with Crippen LogP contribution in [0.15, 0.2) is 17.0 Å². The summed E-state index contributed by atoms with van der Waals surface area (Å²) in [6.07, 6.45) is 1.16. The van der Waals surface area contributed by atoms with Crippen molar-refractivity contribution in [2.45, 2.75) is 11.8 Å². The van der Waals surface area contributed by atoms with Gasteiger partial charge in [-0.3, -0.25) is 0 Å². The Morgan fingerprint density at radius 3 is 2.67 bits per heavy atom. The second kappa shape index (κ2) is 3.21. The van der Waals surface area contributed by atoms with Crippen molar-refractivity contribution in [2.75, 3.05) is 6.26 Å². The average Bonchev–Trinajstić information content (AvgIpc) is 2.38. The zero-order valence-electron chi connectivity index (χ0n) is 8.20. The number of halogens is 1. The number of aromatic nitrogens is 2. The highest BCUT2D eigenvalue weighted by Crippen LogP contribution is 2.25. The number of rotatable bonds is 1. The number of aryl methyl sites for hydroxylation is 1. The first-order valence-electron chi connectivity index (χ1n) is 4.24. The Kier molecular flexibility index (Phi) is 2.24. The molecule has 0 aliphatic heterocycles. The van der Waals surface area contributed by atoms with E-state index >= 15 is 0 Å². The maximum absolute atomic E-state index is 11.5. The second-order valence-corrected chi connectivity index (χ2v) is 5.72. The summed E-state index contributed by atoms with van der Waals surface area (Å²) < 4.78 is 23.1. The summed E-state index contributed by atoms with van der Waals surface area (Å²) in [7, 11) is -3.29. The van der Waals surface area contributed by atoms with E-state index in [0.29, 0.717) is 16.7 Å². The van der Waals surface area contributed by atoms with Gasteiger partial charge in [0.05, 0.1) is 5.52 Å². The number of pyridine rings is 1. The molecule has 0 aromatic carbocycles. The van der Waals surface area contributed by atoms with Crippen LogP contribution in [0.3, 0.4) is 0 Å². The maximum atomic E-state index is 11.5. The van der Waals surface area contributed by atoms with Crippen molar-refractivity contribution in [3.05, 3.63) is 23.0 Å². The van der Waals surface area contributed by atoms with Crippen molar-refractivity contribution in [2.24, 2.45) is 0 Å². The van der Waals surface area contributed by atoms with E-state index in [1.807, 2.05) is 0 Å². The van der Waals surface area contributed by atoms with Crippen LogP contribution in [0.25, 0.3) is 11.0 Å². The van der Waals surface area contributed by atoms with Crippen LogP contribution in [0, 0.1) is 6.92 Å². The summed E-state index contributed by atoms with van der Waals surface area (Å²) >= 11 is 5.73. The van der Waals surface area contributed by atoms with Gasteiger partial charge in [-0.05, 0) is 19.1 Å². The van der Waals surface area contributed by atoms with E-state index < -0.39 is 9.84 Å². The molecule has 0 fully saturated rings. The molecule has 0 amide bonds. The fraction of sp³-hybridized carbons (Fsp3) is 0.222. The Hall–Kier alpha value is -1.07. The number of fused-ring (bicyclic) bond motifs is 1. The minimum absolute atomic E-state index is 0.222. The Morgan fingerprint density at radius 2 is 2.07 bits per heavy atom. The van der Waals surface area contributed by atoms with Gasteiger partial charge in [0.1, 0.15) is 15.6 Å². The highest BCUT2D eigenvalue weighted by Gasteiger charge is 2.18. The molecule has 0 aliphatic carbocycles. The third kappa shape index (κ3) is 1.72. The lowest BCUT2D eigenvalue weighted by molar-refractivity contribution is 0.602. The Balaban J connectivity index is 2.95. The molecule has 2 rings (SSSR count). The lowest BCUT2D eigenvalue weighted by Gasteiger charge is -1.96. The van der Waals surface area contributed by atoms with Crippen LogP contribution in [0.1, 0.15) is 5.69 Å². The molecule has 80 valence electrons. The molecule has 1 N–H and O–H groups in total. The summed E-state index contributed by atoms with van der Waals surface area (Å²) in [6, 6.07) is 3.33. The van der Waals surface area contributed by atoms with Gasteiger partial charge >= 0.3 is 0 Å². The van der Waals surface area contributed by atoms with Gasteiger partial charge in [0.15, 0.2) is 9.84 Å². The van der Waals surface area contributed by atoms with Crippen molar-refractivity contribution in [1.82, 2.24) is 9.97 Å². The lowest BCUT2D eigenvalue weighted by atomic mass is 10.4. The number of H-pyrrole nitrogens is 1. The van der Waals surface area contributed by atoms with E-state index in [4.69, 9.17) is 11.6 Å². The zero-order valence-corrected chi connectivity index (χ0v) is 9.78. The van der Waals surface area contributed by atoms with E-state index in [9.17, 15) is 8.42 Å². The van der Waals surface area contributed by atoms with Gasteiger partial charge in [-0.1, -0.05) is 11.6 Å². The van der Waals surface area contributed by atoms with Crippen LogP contribution in [-0.2, 0) is 9.84 Å². The zero-order chi connectivity index (χ0) is 11.2. The molecule has 2 aromatic rings. The van der Waals surface area contributed by atoms with Crippen LogP contribution in [0.5, 0.6) is 0 Å². The monoisotopic (exact) mass is 244 g/mol. The second-order valence-electron chi connectivity index (χ2n) is 3.38. The largest absolute Gasteiger partial charge is 0.356 e. The number of nitrogens with zero attached hydrogens (tertiary/aromatic N) is 1. The van der Waals surface area contributed by atoms with Crippen molar-refractivity contribution < 1.29 is 8.42 Å². The Morgan fingerprint density at radius 1 is 1.40 bits per heavy atom. The molecule has 15 heavy (non-hydrogen) atoms. The minimum atomic E-state index is -3.29. The molecular formula is C9H9ClN2O2S. The number of sulfone groups is 1. The summed E-state index contributed by atoms with van der Waals surface area (Å²) in [6.45, 7) is 1.70. The topological polar surface area (TPSA) is 62.8 Å². The molecule has 0 atom stereocenters. The smallest absolute Gasteiger partial charge is 0.179 e. The lowest BCUT2D eigenvalue weighted by Crippen LogP contribution is -1.98.